The van der Waals surface area contributed by atoms with Gasteiger partial charge in [-0.15, -0.1) is 11.8 Å². The highest BCUT2D eigenvalue weighted by atomic mass is 32.2. The van der Waals surface area contributed by atoms with E-state index in [4.69, 9.17) is 0 Å². The first-order chi connectivity index (χ1) is 12.3. The molecule has 0 spiro atoms. The van der Waals surface area contributed by atoms with Crippen LogP contribution < -0.4 is 5.32 Å². The average Bonchev–Trinajstić information content (AvgIpc) is 2.67. The first-order valence-corrected chi connectivity index (χ1v) is 10.2. The lowest BCUT2D eigenvalue weighted by atomic mass is 10.1. The third kappa shape index (κ3) is 7.35. The van der Waals surface area contributed by atoms with E-state index in [1.165, 1.54) is 32.1 Å². The quantitative estimate of drug-likeness (QED) is 0.396. The van der Waals surface area contributed by atoms with Gasteiger partial charge in [0.2, 0.25) is 5.91 Å². The van der Waals surface area contributed by atoms with Crippen molar-refractivity contribution in [3.63, 3.8) is 0 Å². The molecular formula is C22H29NOS. The Morgan fingerprint density at radius 3 is 2.16 bits per heavy atom. The van der Waals surface area contributed by atoms with Gasteiger partial charge in [-0.25, -0.2) is 0 Å². The van der Waals surface area contributed by atoms with Crippen LogP contribution in [-0.4, -0.2) is 12.5 Å². The summed E-state index contributed by atoms with van der Waals surface area (Å²) in [7, 11) is 0. The zero-order valence-corrected chi connectivity index (χ0v) is 15.9. The average molecular weight is 356 g/mol. The third-order valence-corrected chi connectivity index (χ3v) is 5.43. The number of amides is 1. The summed E-state index contributed by atoms with van der Waals surface area (Å²) in [5, 5.41) is 2.93. The number of benzene rings is 2. The molecule has 0 aliphatic carbocycles. The normalized spacial score (nSPS) is 11.9. The molecule has 2 nitrogen and oxygen atoms in total. The van der Waals surface area contributed by atoms with E-state index in [1.54, 1.807) is 11.8 Å². The predicted octanol–water partition coefficient (Wildman–Crippen LogP) is 6.00. The number of carbonyl (C=O) groups is 1. The molecule has 0 saturated carbocycles. The fourth-order valence-corrected chi connectivity index (χ4v) is 3.82. The van der Waals surface area contributed by atoms with Crippen LogP contribution in [0.5, 0.6) is 0 Å². The Morgan fingerprint density at radius 1 is 0.880 bits per heavy atom. The van der Waals surface area contributed by atoms with Crippen molar-refractivity contribution in [1.82, 2.24) is 5.32 Å². The van der Waals surface area contributed by atoms with Gasteiger partial charge in [0.1, 0.15) is 5.25 Å². The van der Waals surface area contributed by atoms with Gasteiger partial charge in [0, 0.05) is 11.4 Å². The smallest absolute Gasteiger partial charge is 0.237 e. The van der Waals surface area contributed by atoms with Crippen LogP contribution >= 0.6 is 11.8 Å². The van der Waals surface area contributed by atoms with E-state index in [-0.39, 0.29) is 11.2 Å². The molecule has 0 aliphatic heterocycles. The van der Waals surface area contributed by atoms with Crippen molar-refractivity contribution in [2.75, 3.05) is 6.54 Å². The number of nitrogens with one attached hydrogen (secondary N) is 1. The van der Waals surface area contributed by atoms with Crippen LogP contribution in [0.2, 0.25) is 0 Å². The van der Waals surface area contributed by atoms with Gasteiger partial charge in [-0.2, -0.15) is 0 Å². The summed E-state index contributed by atoms with van der Waals surface area (Å²) in [6, 6.07) is 20.2. The summed E-state index contributed by atoms with van der Waals surface area (Å²) in [6.45, 7) is 3.00. The van der Waals surface area contributed by atoms with Crippen LogP contribution in [0.15, 0.2) is 65.6 Å². The molecule has 0 radical (unpaired) electrons. The molecule has 0 bridgehead atoms. The predicted molar refractivity (Wildman–Crippen MR) is 108 cm³/mol. The fourth-order valence-electron chi connectivity index (χ4n) is 2.75. The molecule has 25 heavy (non-hydrogen) atoms. The van der Waals surface area contributed by atoms with E-state index in [9.17, 15) is 4.79 Å². The minimum atomic E-state index is -0.205. The maximum atomic E-state index is 12.8. The standard InChI is InChI=1S/C22H29NOS/c1-2-3-4-5-6-13-18-23-22(24)21(19-14-9-7-10-15-19)25-20-16-11-8-12-17-20/h7-12,14-17,21H,2-6,13,18H2,1H3,(H,23,24). The van der Waals surface area contributed by atoms with Crippen molar-refractivity contribution in [2.45, 2.75) is 55.6 Å². The second-order valence-electron chi connectivity index (χ2n) is 6.28. The van der Waals surface area contributed by atoms with E-state index in [1.807, 2.05) is 48.5 Å². The fraction of sp³-hybridized carbons (Fsp3) is 0.409. The van der Waals surface area contributed by atoms with E-state index < -0.39 is 0 Å². The number of unbranched alkanes of at least 4 members (excludes halogenated alkanes) is 5. The molecule has 134 valence electrons. The number of carbonyl (C=O) groups excluding carboxylic acids is 1. The summed E-state index contributed by atoms with van der Waals surface area (Å²) in [5.41, 5.74) is 1.05. The maximum absolute atomic E-state index is 12.8. The van der Waals surface area contributed by atoms with Crippen LogP contribution in [0.4, 0.5) is 0 Å². The summed E-state index contributed by atoms with van der Waals surface area (Å²) < 4.78 is 0. The van der Waals surface area contributed by atoms with Gasteiger partial charge in [0.05, 0.1) is 0 Å². The van der Waals surface area contributed by atoms with E-state index in [0.717, 1.165) is 23.4 Å². The topological polar surface area (TPSA) is 29.1 Å². The van der Waals surface area contributed by atoms with Crippen LogP contribution in [0.25, 0.3) is 0 Å². The van der Waals surface area contributed by atoms with Gasteiger partial charge in [-0.05, 0) is 24.1 Å². The van der Waals surface area contributed by atoms with Gasteiger partial charge >= 0.3 is 0 Å². The minimum absolute atomic E-state index is 0.105. The highest BCUT2D eigenvalue weighted by molar-refractivity contribution is 8.00. The summed E-state index contributed by atoms with van der Waals surface area (Å²) in [5.74, 6) is 0.105. The monoisotopic (exact) mass is 355 g/mol. The molecular weight excluding hydrogens is 326 g/mol. The Bertz CT molecular complexity index is 600. The summed E-state index contributed by atoms with van der Waals surface area (Å²) in [4.78, 5) is 13.9. The van der Waals surface area contributed by atoms with Gasteiger partial charge < -0.3 is 5.32 Å². The Hall–Kier alpha value is -1.74. The first-order valence-electron chi connectivity index (χ1n) is 9.35. The van der Waals surface area contributed by atoms with Crippen LogP contribution in [-0.2, 0) is 4.79 Å². The molecule has 2 rings (SSSR count). The largest absolute Gasteiger partial charge is 0.355 e. The molecule has 0 aliphatic rings. The van der Waals surface area contributed by atoms with Gasteiger partial charge in [0.15, 0.2) is 0 Å². The van der Waals surface area contributed by atoms with Crippen molar-refractivity contribution in [2.24, 2.45) is 0 Å². The minimum Gasteiger partial charge on any atom is -0.355 e. The molecule has 0 fully saturated rings. The van der Waals surface area contributed by atoms with Crippen LogP contribution in [0.1, 0.15) is 56.3 Å². The Balaban J connectivity index is 1.88. The van der Waals surface area contributed by atoms with Crippen LogP contribution in [0.3, 0.4) is 0 Å². The van der Waals surface area contributed by atoms with E-state index in [0.29, 0.717) is 0 Å². The third-order valence-electron chi connectivity index (χ3n) is 4.17. The van der Waals surface area contributed by atoms with Crippen molar-refractivity contribution in [1.29, 1.82) is 0 Å². The number of thioether (sulfide) groups is 1. The number of hydrogen-bond acceptors (Lipinski definition) is 2. The SMILES string of the molecule is CCCCCCCCNC(=O)C(Sc1ccccc1)c1ccccc1. The molecule has 0 heterocycles. The molecule has 1 unspecified atom stereocenters. The lowest BCUT2D eigenvalue weighted by molar-refractivity contribution is -0.120. The Morgan fingerprint density at radius 2 is 1.48 bits per heavy atom. The van der Waals surface area contributed by atoms with Gasteiger partial charge in [-0.1, -0.05) is 87.6 Å². The van der Waals surface area contributed by atoms with Crippen LogP contribution in [0, 0.1) is 0 Å². The number of rotatable bonds is 11. The van der Waals surface area contributed by atoms with Crippen molar-refractivity contribution >= 4 is 17.7 Å². The Kier molecular flexibility index (Phi) is 9.21. The molecule has 2 aromatic carbocycles. The van der Waals surface area contributed by atoms with Crippen molar-refractivity contribution in [3.05, 3.63) is 66.2 Å². The van der Waals surface area contributed by atoms with Crippen molar-refractivity contribution in [3.8, 4) is 0 Å². The molecule has 1 amide bonds. The molecule has 0 aromatic heterocycles. The zero-order valence-electron chi connectivity index (χ0n) is 15.1. The van der Waals surface area contributed by atoms with E-state index >= 15 is 0 Å². The second kappa shape index (κ2) is 11.8. The lowest BCUT2D eigenvalue weighted by Crippen LogP contribution is -2.28. The van der Waals surface area contributed by atoms with Gasteiger partial charge in [-0.3, -0.25) is 4.79 Å². The lowest BCUT2D eigenvalue weighted by Gasteiger charge is -2.17. The maximum Gasteiger partial charge on any atom is 0.237 e. The summed E-state index contributed by atoms with van der Waals surface area (Å²) in [6.07, 6.45) is 7.42. The van der Waals surface area contributed by atoms with E-state index in [2.05, 4.69) is 24.4 Å². The summed E-state index contributed by atoms with van der Waals surface area (Å²) >= 11 is 1.61. The molecule has 2 aromatic rings. The molecule has 3 heteroatoms. The molecule has 0 saturated heterocycles. The highest BCUT2D eigenvalue weighted by Gasteiger charge is 2.21. The first kappa shape index (κ1) is 19.6. The van der Waals surface area contributed by atoms with Crippen molar-refractivity contribution < 1.29 is 4.79 Å². The number of hydrogen-bond donors (Lipinski definition) is 1. The molecule has 1 N–H and O–H groups in total. The van der Waals surface area contributed by atoms with Gasteiger partial charge in [0.25, 0.3) is 0 Å². The Labute approximate surface area is 156 Å². The highest BCUT2D eigenvalue weighted by Crippen LogP contribution is 2.35. The molecule has 1 atom stereocenters. The zero-order chi connectivity index (χ0) is 17.7. The second-order valence-corrected chi connectivity index (χ2v) is 7.46.